The first-order valence-corrected chi connectivity index (χ1v) is 6.52. The molecule has 0 aliphatic rings. The van der Waals surface area contributed by atoms with Crippen molar-refractivity contribution in [1.29, 1.82) is 5.26 Å². The van der Waals surface area contributed by atoms with Crippen molar-refractivity contribution in [3.05, 3.63) is 36.0 Å². The third-order valence-corrected chi connectivity index (χ3v) is 3.43. The summed E-state index contributed by atoms with van der Waals surface area (Å²) >= 11 is 0. The molecule has 4 heteroatoms. The summed E-state index contributed by atoms with van der Waals surface area (Å²) in [5.74, 6) is 0. The number of rotatable bonds is 6. The van der Waals surface area contributed by atoms with Crippen LogP contribution in [0.3, 0.4) is 0 Å². The first kappa shape index (κ1) is 13.6. The second-order valence-corrected chi connectivity index (χ2v) is 4.65. The Bertz CT molecular complexity index is 579. The molecular formula is C15H19N3O. The Balaban J connectivity index is 2.35. The van der Waals surface area contributed by atoms with Crippen LogP contribution in [0.15, 0.2) is 30.5 Å². The van der Waals surface area contributed by atoms with Gasteiger partial charge in [0.1, 0.15) is 0 Å². The van der Waals surface area contributed by atoms with Crippen molar-refractivity contribution in [2.24, 2.45) is 0 Å². The lowest BCUT2D eigenvalue weighted by Crippen LogP contribution is -2.31. The monoisotopic (exact) mass is 257 g/mol. The molecule has 0 fully saturated rings. The van der Waals surface area contributed by atoms with Crippen molar-refractivity contribution in [2.45, 2.75) is 25.4 Å². The number of aliphatic hydroxyl groups is 1. The fourth-order valence-electron chi connectivity index (χ4n) is 2.36. The molecule has 4 nitrogen and oxygen atoms in total. The van der Waals surface area contributed by atoms with Gasteiger partial charge in [0.2, 0.25) is 0 Å². The molecule has 0 bridgehead atoms. The molecule has 0 aliphatic heterocycles. The van der Waals surface area contributed by atoms with Gasteiger partial charge in [-0.2, -0.15) is 5.26 Å². The number of hydrogen-bond acceptors (Lipinski definition) is 3. The molecule has 1 aromatic heterocycles. The van der Waals surface area contributed by atoms with Gasteiger partial charge in [0, 0.05) is 29.7 Å². The molecule has 0 amide bonds. The lowest BCUT2D eigenvalue weighted by atomic mass is 10.1. The van der Waals surface area contributed by atoms with Gasteiger partial charge in [0.15, 0.2) is 0 Å². The molecule has 19 heavy (non-hydrogen) atoms. The Hall–Kier alpha value is -1.83. The summed E-state index contributed by atoms with van der Waals surface area (Å²) in [4.78, 5) is 0. The van der Waals surface area contributed by atoms with E-state index in [9.17, 15) is 5.11 Å². The number of hydrogen-bond donors (Lipinski definition) is 2. The number of aliphatic hydroxyl groups excluding tert-OH is 1. The maximum Gasteiger partial charge on any atom is 0.0640 e. The van der Waals surface area contributed by atoms with Crippen molar-refractivity contribution in [3.63, 3.8) is 0 Å². The van der Waals surface area contributed by atoms with Gasteiger partial charge in [-0.1, -0.05) is 18.2 Å². The van der Waals surface area contributed by atoms with E-state index in [2.05, 4.69) is 34.3 Å². The minimum atomic E-state index is 0.0650. The zero-order valence-electron chi connectivity index (χ0n) is 11.1. The topological polar surface area (TPSA) is 61.0 Å². The number of aryl methyl sites for hydroxylation is 1. The third-order valence-electron chi connectivity index (χ3n) is 3.43. The Morgan fingerprint density at radius 2 is 2.21 bits per heavy atom. The van der Waals surface area contributed by atoms with Crippen LogP contribution in [0.1, 0.15) is 12.0 Å². The maximum absolute atomic E-state index is 9.30. The smallest absolute Gasteiger partial charge is 0.0640 e. The summed E-state index contributed by atoms with van der Waals surface area (Å²) < 4.78 is 2.12. The summed E-state index contributed by atoms with van der Waals surface area (Å²) in [6.07, 6.45) is 3.39. The zero-order chi connectivity index (χ0) is 13.7. The average Bonchev–Trinajstić information content (AvgIpc) is 2.81. The van der Waals surface area contributed by atoms with Gasteiger partial charge in [0.25, 0.3) is 0 Å². The normalized spacial score (nSPS) is 12.5. The summed E-state index contributed by atoms with van der Waals surface area (Å²) in [6, 6.07) is 10.4. The van der Waals surface area contributed by atoms with Gasteiger partial charge >= 0.3 is 0 Å². The minimum absolute atomic E-state index is 0.0650. The van der Waals surface area contributed by atoms with Crippen LogP contribution in [-0.4, -0.2) is 29.4 Å². The van der Waals surface area contributed by atoms with Gasteiger partial charge in [0.05, 0.1) is 19.1 Å². The van der Waals surface area contributed by atoms with E-state index in [4.69, 9.17) is 5.26 Å². The van der Waals surface area contributed by atoms with Gasteiger partial charge < -0.3 is 15.0 Å². The molecule has 0 spiro atoms. The maximum atomic E-state index is 9.30. The van der Waals surface area contributed by atoms with Crippen LogP contribution in [0, 0.1) is 11.3 Å². The van der Waals surface area contributed by atoms with Crippen molar-refractivity contribution < 1.29 is 5.11 Å². The van der Waals surface area contributed by atoms with Gasteiger partial charge in [-0.15, -0.1) is 0 Å². The highest BCUT2D eigenvalue weighted by atomic mass is 16.3. The fraction of sp³-hybridized carbons (Fsp3) is 0.400. The molecule has 0 saturated heterocycles. The van der Waals surface area contributed by atoms with Crippen LogP contribution >= 0.6 is 0 Å². The summed E-state index contributed by atoms with van der Waals surface area (Å²) in [5.41, 5.74) is 2.36. The number of nitrogens with zero attached hydrogens (tertiary/aromatic N) is 2. The molecule has 0 radical (unpaired) electrons. The molecular weight excluding hydrogens is 238 g/mol. The number of nitriles is 1. The molecule has 0 saturated carbocycles. The van der Waals surface area contributed by atoms with Crippen LogP contribution < -0.4 is 5.32 Å². The number of benzene rings is 1. The standard InChI is InChI=1S/C15H19N3O/c1-17-13(11-19)9-12-10-18(8-4-7-16)15-6-3-2-5-14(12)15/h2-3,5-6,10,13,17,19H,4,8-9,11H2,1H3. The van der Waals surface area contributed by atoms with Gasteiger partial charge in [-0.05, 0) is 25.1 Å². The average molecular weight is 257 g/mol. The van der Waals surface area contributed by atoms with Crippen LogP contribution in [-0.2, 0) is 13.0 Å². The largest absolute Gasteiger partial charge is 0.395 e. The molecule has 2 rings (SSSR count). The molecule has 2 N–H and O–H groups in total. The van der Waals surface area contributed by atoms with Gasteiger partial charge in [-0.25, -0.2) is 0 Å². The highest BCUT2D eigenvalue weighted by Crippen LogP contribution is 2.22. The molecule has 1 aromatic carbocycles. The lowest BCUT2D eigenvalue weighted by molar-refractivity contribution is 0.248. The van der Waals surface area contributed by atoms with Crippen molar-refractivity contribution in [1.82, 2.24) is 9.88 Å². The zero-order valence-corrected chi connectivity index (χ0v) is 11.1. The minimum Gasteiger partial charge on any atom is -0.395 e. The molecule has 0 aliphatic carbocycles. The van der Waals surface area contributed by atoms with E-state index >= 15 is 0 Å². The molecule has 1 atom stereocenters. The molecule has 1 heterocycles. The number of para-hydroxylation sites is 1. The van der Waals surface area contributed by atoms with Crippen LogP contribution in [0.25, 0.3) is 10.9 Å². The van der Waals surface area contributed by atoms with E-state index in [0.717, 1.165) is 11.9 Å². The Morgan fingerprint density at radius 1 is 1.42 bits per heavy atom. The van der Waals surface area contributed by atoms with Crippen molar-refractivity contribution in [2.75, 3.05) is 13.7 Å². The van der Waals surface area contributed by atoms with Crippen LogP contribution in [0.4, 0.5) is 0 Å². The van der Waals surface area contributed by atoms with Crippen molar-refractivity contribution >= 4 is 10.9 Å². The Labute approximate surface area is 113 Å². The third kappa shape index (κ3) is 2.95. The van der Waals surface area contributed by atoms with Gasteiger partial charge in [-0.3, -0.25) is 0 Å². The van der Waals surface area contributed by atoms with E-state index < -0.39 is 0 Å². The Morgan fingerprint density at radius 3 is 2.89 bits per heavy atom. The van der Waals surface area contributed by atoms with E-state index in [1.165, 1.54) is 10.9 Å². The number of aromatic nitrogens is 1. The second-order valence-electron chi connectivity index (χ2n) is 4.65. The summed E-state index contributed by atoms with van der Waals surface area (Å²) in [6.45, 7) is 0.828. The summed E-state index contributed by atoms with van der Waals surface area (Å²) in [7, 11) is 1.86. The lowest BCUT2D eigenvalue weighted by Gasteiger charge is -2.11. The molecule has 1 unspecified atom stereocenters. The van der Waals surface area contributed by atoms with E-state index in [0.29, 0.717) is 13.0 Å². The predicted octanol–water partition coefficient (Wildman–Crippen LogP) is 1.68. The van der Waals surface area contributed by atoms with E-state index in [1.807, 2.05) is 19.2 Å². The van der Waals surface area contributed by atoms with Crippen LogP contribution in [0.2, 0.25) is 0 Å². The molecule has 100 valence electrons. The predicted molar refractivity (Wildman–Crippen MR) is 75.8 cm³/mol. The number of likely N-dealkylation sites (N-methyl/N-ethyl adjacent to an activating group) is 1. The Kier molecular flexibility index (Phi) is 4.56. The SMILES string of the molecule is CNC(CO)Cc1cn(CCC#N)c2ccccc12. The highest BCUT2D eigenvalue weighted by molar-refractivity contribution is 5.84. The van der Waals surface area contributed by atoms with Crippen molar-refractivity contribution in [3.8, 4) is 6.07 Å². The van der Waals surface area contributed by atoms with E-state index in [-0.39, 0.29) is 12.6 Å². The quantitative estimate of drug-likeness (QED) is 0.827. The number of nitrogens with one attached hydrogen (secondary N) is 1. The summed E-state index contributed by atoms with van der Waals surface area (Å²) in [5, 5.41) is 22.3. The first-order chi connectivity index (χ1) is 9.30. The second kappa shape index (κ2) is 6.37. The highest BCUT2D eigenvalue weighted by Gasteiger charge is 2.12. The van der Waals surface area contributed by atoms with E-state index in [1.54, 1.807) is 0 Å². The van der Waals surface area contributed by atoms with Crippen LogP contribution in [0.5, 0.6) is 0 Å². The fourth-order valence-corrected chi connectivity index (χ4v) is 2.36. The first-order valence-electron chi connectivity index (χ1n) is 6.52. The molecule has 2 aromatic rings. The number of fused-ring (bicyclic) bond motifs is 1.